The first kappa shape index (κ1) is 14.1. The minimum absolute atomic E-state index is 0.0858. The van der Waals surface area contributed by atoms with Gasteiger partial charge >= 0.3 is 0 Å². The van der Waals surface area contributed by atoms with Crippen molar-refractivity contribution in [3.8, 4) is 5.75 Å². The minimum atomic E-state index is -0.468. The Morgan fingerprint density at radius 3 is 3.05 bits per heavy atom. The van der Waals surface area contributed by atoms with Crippen molar-refractivity contribution in [2.24, 2.45) is 5.84 Å². The molecule has 2 atom stereocenters. The number of rotatable bonds is 4. The molecular formula is C13H17ClN2O3. The highest BCUT2D eigenvalue weighted by atomic mass is 35.5. The Hall–Kier alpha value is -1.30. The van der Waals surface area contributed by atoms with Gasteiger partial charge in [-0.15, -0.1) is 0 Å². The van der Waals surface area contributed by atoms with Crippen molar-refractivity contribution in [1.29, 1.82) is 0 Å². The van der Waals surface area contributed by atoms with Gasteiger partial charge in [0.25, 0.3) is 5.91 Å². The topological polar surface area (TPSA) is 73.6 Å². The lowest BCUT2D eigenvalue weighted by atomic mass is 10.2. The van der Waals surface area contributed by atoms with Crippen LogP contribution in [0.3, 0.4) is 0 Å². The largest absolute Gasteiger partial charge is 0.491 e. The number of carbonyl (C=O) groups excluding carboxylic acids is 1. The smallest absolute Gasteiger partial charge is 0.263 e. The number of nitrogens with one attached hydrogen (secondary N) is 1. The molecule has 2 unspecified atom stereocenters. The molecule has 1 heterocycles. The molecule has 0 aliphatic carbocycles. The maximum absolute atomic E-state index is 11.3. The van der Waals surface area contributed by atoms with Crippen LogP contribution in [0, 0.1) is 6.92 Å². The first-order valence-corrected chi connectivity index (χ1v) is 6.53. The molecule has 5 nitrogen and oxygen atoms in total. The van der Waals surface area contributed by atoms with Crippen LogP contribution < -0.4 is 16.0 Å². The van der Waals surface area contributed by atoms with Gasteiger partial charge in [-0.3, -0.25) is 10.2 Å². The Morgan fingerprint density at radius 1 is 1.58 bits per heavy atom. The first-order valence-electron chi connectivity index (χ1n) is 6.15. The van der Waals surface area contributed by atoms with E-state index < -0.39 is 6.10 Å². The predicted octanol–water partition coefficient (Wildman–Crippen LogP) is 1.56. The molecule has 1 aromatic carbocycles. The fourth-order valence-electron chi connectivity index (χ4n) is 2.07. The molecule has 0 spiro atoms. The number of benzene rings is 1. The van der Waals surface area contributed by atoms with E-state index in [0.717, 1.165) is 17.7 Å². The average molecular weight is 285 g/mol. The number of ether oxygens (including phenoxy) is 2. The van der Waals surface area contributed by atoms with E-state index in [9.17, 15) is 4.79 Å². The van der Waals surface area contributed by atoms with E-state index in [0.29, 0.717) is 18.1 Å². The molecule has 0 aromatic heterocycles. The summed E-state index contributed by atoms with van der Waals surface area (Å²) in [6, 6.07) is 5.46. The molecule has 1 fully saturated rings. The van der Waals surface area contributed by atoms with Gasteiger partial charge in [0.2, 0.25) is 0 Å². The van der Waals surface area contributed by atoms with Crippen LogP contribution in [0.15, 0.2) is 18.2 Å². The summed E-state index contributed by atoms with van der Waals surface area (Å²) in [5.41, 5.74) is 3.07. The summed E-state index contributed by atoms with van der Waals surface area (Å²) in [5, 5.41) is 0.682. The van der Waals surface area contributed by atoms with Crippen molar-refractivity contribution in [2.45, 2.75) is 32.0 Å². The zero-order chi connectivity index (χ0) is 13.8. The summed E-state index contributed by atoms with van der Waals surface area (Å²) in [5.74, 6) is 5.56. The molecule has 0 bridgehead atoms. The van der Waals surface area contributed by atoms with Crippen LogP contribution >= 0.6 is 11.6 Å². The van der Waals surface area contributed by atoms with E-state index in [1.165, 1.54) is 0 Å². The average Bonchev–Trinajstić information content (AvgIpc) is 2.85. The molecule has 1 aliphatic rings. The third-order valence-electron chi connectivity index (χ3n) is 3.10. The maximum atomic E-state index is 11.3. The summed E-state index contributed by atoms with van der Waals surface area (Å²) < 4.78 is 11.2. The number of hydrazine groups is 1. The van der Waals surface area contributed by atoms with Gasteiger partial charge in [0.15, 0.2) is 0 Å². The van der Waals surface area contributed by atoms with Gasteiger partial charge in [0.05, 0.1) is 6.10 Å². The highest BCUT2D eigenvalue weighted by Gasteiger charge is 2.30. The standard InChI is InChI=1S/C13H17ClN2O3/c1-8-6-9(14)2-4-11(8)18-7-10-3-5-12(19-10)13(17)16-15/h2,4,6,10,12H,3,5,7,15H2,1H3,(H,16,17). The summed E-state index contributed by atoms with van der Waals surface area (Å²) in [7, 11) is 0. The van der Waals surface area contributed by atoms with E-state index in [2.05, 4.69) is 5.43 Å². The molecule has 1 saturated heterocycles. The number of hydrogen-bond donors (Lipinski definition) is 2. The normalized spacial score (nSPS) is 22.3. The second kappa shape index (κ2) is 6.23. The van der Waals surface area contributed by atoms with Crippen LogP contribution in [-0.2, 0) is 9.53 Å². The van der Waals surface area contributed by atoms with Crippen molar-refractivity contribution in [2.75, 3.05) is 6.61 Å². The van der Waals surface area contributed by atoms with Crippen LogP contribution in [0.2, 0.25) is 5.02 Å². The Kier molecular flexibility index (Phi) is 4.63. The summed E-state index contributed by atoms with van der Waals surface area (Å²) in [4.78, 5) is 11.3. The zero-order valence-corrected chi connectivity index (χ0v) is 11.4. The van der Waals surface area contributed by atoms with Crippen LogP contribution in [-0.4, -0.2) is 24.7 Å². The summed E-state index contributed by atoms with van der Waals surface area (Å²) in [6.07, 6.45) is 0.892. The number of amides is 1. The van der Waals surface area contributed by atoms with E-state index in [4.69, 9.17) is 26.9 Å². The first-order chi connectivity index (χ1) is 9.10. The number of carbonyl (C=O) groups is 1. The van der Waals surface area contributed by atoms with Gasteiger partial charge in [-0.2, -0.15) is 0 Å². The molecule has 1 aromatic rings. The molecule has 2 rings (SSSR count). The Bertz CT molecular complexity index is 467. The quantitative estimate of drug-likeness (QED) is 0.500. The second-order valence-corrected chi connectivity index (χ2v) is 4.99. The number of nitrogens with two attached hydrogens (primary N) is 1. The highest BCUT2D eigenvalue weighted by molar-refractivity contribution is 6.30. The molecule has 0 radical (unpaired) electrons. The number of hydrogen-bond acceptors (Lipinski definition) is 4. The van der Waals surface area contributed by atoms with Gasteiger partial charge in [0, 0.05) is 5.02 Å². The SMILES string of the molecule is Cc1cc(Cl)ccc1OCC1CCC(C(=O)NN)O1. The number of aryl methyl sites for hydroxylation is 1. The molecule has 104 valence electrons. The molecule has 3 N–H and O–H groups in total. The molecule has 0 saturated carbocycles. The lowest BCUT2D eigenvalue weighted by molar-refractivity contribution is -0.132. The van der Waals surface area contributed by atoms with Crippen molar-refractivity contribution >= 4 is 17.5 Å². The van der Waals surface area contributed by atoms with Crippen molar-refractivity contribution in [3.05, 3.63) is 28.8 Å². The third kappa shape index (κ3) is 3.59. The molecule has 19 heavy (non-hydrogen) atoms. The predicted molar refractivity (Wildman–Crippen MR) is 71.9 cm³/mol. The van der Waals surface area contributed by atoms with Gasteiger partial charge in [-0.25, -0.2) is 5.84 Å². The van der Waals surface area contributed by atoms with E-state index >= 15 is 0 Å². The summed E-state index contributed by atoms with van der Waals surface area (Å²) >= 11 is 5.88. The van der Waals surface area contributed by atoms with Gasteiger partial charge in [0.1, 0.15) is 18.5 Å². The second-order valence-electron chi connectivity index (χ2n) is 4.55. The molecular weight excluding hydrogens is 268 g/mol. The molecule has 6 heteroatoms. The molecule has 1 aliphatic heterocycles. The van der Waals surface area contributed by atoms with Gasteiger partial charge < -0.3 is 9.47 Å². The zero-order valence-electron chi connectivity index (χ0n) is 10.7. The van der Waals surface area contributed by atoms with Crippen LogP contribution in [0.5, 0.6) is 5.75 Å². The Morgan fingerprint density at radius 2 is 2.37 bits per heavy atom. The lowest BCUT2D eigenvalue weighted by Gasteiger charge is -2.15. The Labute approximate surface area is 117 Å². The Balaban J connectivity index is 1.85. The van der Waals surface area contributed by atoms with Crippen LogP contribution in [0.1, 0.15) is 18.4 Å². The van der Waals surface area contributed by atoms with Gasteiger partial charge in [-0.1, -0.05) is 11.6 Å². The van der Waals surface area contributed by atoms with Crippen molar-refractivity contribution < 1.29 is 14.3 Å². The minimum Gasteiger partial charge on any atom is -0.491 e. The van der Waals surface area contributed by atoms with Crippen molar-refractivity contribution in [1.82, 2.24) is 5.43 Å². The van der Waals surface area contributed by atoms with Crippen LogP contribution in [0.25, 0.3) is 0 Å². The van der Waals surface area contributed by atoms with Crippen molar-refractivity contribution in [3.63, 3.8) is 0 Å². The third-order valence-corrected chi connectivity index (χ3v) is 3.34. The molecule has 1 amide bonds. The van der Waals surface area contributed by atoms with E-state index in [-0.39, 0.29) is 12.0 Å². The van der Waals surface area contributed by atoms with Gasteiger partial charge in [-0.05, 0) is 43.5 Å². The van der Waals surface area contributed by atoms with Crippen LogP contribution in [0.4, 0.5) is 0 Å². The fourth-order valence-corrected chi connectivity index (χ4v) is 2.30. The highest BCUT2D eigenvalue weighted by Crippen LogP contribution is 2.24. The fraction of sp³-hybridized carbons (Fsp3) is 0.462. The monoisotopic (exact) mass is 284 g/mol. The lowest BCUT2D eigenvalue weighted by Crippen LogP contribution is -2.39. The van der Waals surface area contributed by atoms with E-state index in [1.54, 1.807) is 6.07 Å². The van der Waals surface area contributed by atoms with E-state index in [1.807, 2.05) is 19.1 Å². The maximum Gasteiger partial charge on any atom is 0.263 e. The summed E-state index contributed by atoms with van der Waals surface area (Å²) in [6.45, 7) is 2.35. The number of halogens is 1.